The monoisotopic (exact) mass is 255 g/mol. The number of hydrogen-bond acceptors (Lipinski definition) is 4. The van der Waals surface area contributed by atoms with Crippen LogP contribution in [0.1, 0.15) is 15.9 Å². The molecule has 0 fully saturated rings. The van der Waals surface area contributed by atoms with E-state index in [1.54, 1.807) is 18.2 Å². The van der Waals surface area contributed by atoms with Crippen LogP contribution in [0.5, 0.6) is 17.2 Å². The quantitative estimate of drug-likeness (QED) is 0.649. The Balaban J connectivity index is 2.18. The van der Waals surface area contributed by atoms with E-state index in [-0.39, 0.29) is 17.1 Å². The number of phenols is 2. The van der Waals surface area contributed by atoms with Gasteiger partial charge in [-0.3, -0.25) is 4.79 Å². The summed E-state index contributed by atoms with van der Waals surface area (Å²) < 4.78 is 0. The van der Waals surface area contributed by atoms with Gasteiger partial charge >= 0.3 is 0 Å². The first kappa shape index (κ1) is 12.7. The number of allylic oxidation sites excluding steroid dienone is 1. The van der Waals surface area contributed by atoms with Crippen molar-refractivity contribution >= 4 is 11.9 Å². The molecule has 0 aliphatic carbocycles. The molecule has 0 radical (unpaired) electrons. The van der Waals surface area contributed by atoms with Crippen LogP contribution in [0.3, 0.4) is 0 Å². The van der Waals surface area contributed by atoms with Gasteiger partial charge in [0.2, 0.25) is 0 Å². The molecule has 0 spiro atoms. The zero-order valence-corrected chi connectivity index (χ0v) is 9.91. The predicted octanol–water partition coefficient (Wildman–Crippen LogP) is 2.07. The number of hydrogen-bond donors (Lipinski definition) is 2. The Morgan fingerprint density at radius 1 is 1.00 bits per heavy atom. The molecule has 96 valence electrons. The molecule has 2 N–H and O–H groups in total. The Kier molecular flexibility index (Phi) is 3.52. The molecule has 0 aliphatic heterocycles. The molecule has 19 heavy (non-hydrogen) atoms. The van der Waals surface area contributed by atoms with E-state index in [0.717, 1.165) is 11.6 Å². The summed E-state index contributed by atoms with van der Waals surface area (Å²) in [7, 11) is 0. The fourth-order valence-corrected chi connectivity index (χ4v) is 1.56. The van der Waals surface area contributed by atoms with Gasteiger partial charge in [-0.25, -0.2) is 0 Å². The average Bonchev–Trinajstić information content (AvgIpc) is 2.37. The molecule has 0 heterocycles. The molecular weight excluding hydrogens is 244 g/mol. The van der Waals surface area contributed by atoms with Crippen LogP contribution in [0.4, 0.5) is 0 Å². The van der Waals surface area contributed by atoms with Crippen molar-refractivity contribution in [3.63, 3.8) is 0 Å². The fourth-order valence-electron chi connectivity index (χ4n) is 1.56. The van der Waals surface area contributed by atoms with Gasteiger partial charge in [0.15, 0.2) is 5.78 Å². The highest BCUT2D eigenvalue weighted by atomic mass is 16.3. The number of carbonyl (C=O) groups excluding carboxylic acids is 1. The van der Waals surface area contributed by atoms with E-state index in [2.05, 4.69) is 0 Å². The molecule has 4 heteroatoms. The second kappa shape index (κ2) is 5.27. The van der Waals surface area contributed by atoms with Crippen molar-refractivity contribution in [2.75, 3.05) is 0 Å². The zero-order chi connectivity index (χ0) is 13.8. The largest absolute Gasteiger partial charge is 0.872 e. The highest BCUT2D eigenvalue weighted by Crippen LogP contribution is 2.21. The lowest BCUT2D eigenvalue weighted by atomic mass is 10.1. The summed E-state index contributed by atoms with van der Waals surface area (Å²) in [5, 5.41) is 29.7. The lowest BCUT2D eigenvalue weighted by molar-refractivity contribution is -0.268. The van der Waals surface area contributed by atoms with Crippen LogP contribution < -0.4 is 5.11 Å². The number of ketones is 1. The van der Waals surface area contributed by atoms with E-state index >= 15 is 0 Å². The van der Waals surface area contributed by atoms with Gasteiger partial charge < -0.3 is 15.3 Å². The first-order chi connectivity index (χ1) is 9.06. The summed E-state index contributed by atoms with van der Waals surface area (Å²) in [5.41, 5.74) is 0.741. The normalized spacial score (nSPS) is 10.7. The molecule has 0 bridgehead atoms. The van der Waals surface area contributed by atoms with E-state index in [4.69, 9.17) is 10.2 Å². The van der Waals surface area contributed by atoms with Crippen molar-refractivity contribution < 1.29 is 20.1 Å². The minimum Gasteiger partial charge on any atom is -0.872 e. The number of benzene rings is 2. The summed E-state index contributed by atoms with van der Waals surface area (Å²) in [6.07, 6.45) is 2.83. The Morgan fingerprint density at radius 3 is 2.26 bits per heavy atom. The predicted molar refractivity (Wildman–Crippen MR) is 69.0 cm³/mol. The van der Waals surface area contributed by atoms with Crippen molar-refractivity contribution in [1.29, 1.82) is 0 Å². The highest BCUT2D eigenvalue weighted by molar-refractivity contribution is 6.08. The minimum atomic E-state index is -0.514. The van der Waals surface area contributed by atoms with Crippen LogP contribution in [0.15, 0.2) is 48.5 Å². The Labute approximate surface area is 109 Å². The average molecular weight is 255 g/mol. The van der Waals surface area contributed by atoms with Gasteiger partial charge in [-0.05, 0) is 42.0 Å². The Morgan fingerprint density at radius 2 is 1.63 bits per heavy atom. The summed E-state index contributed by atoms with van der Waals surface area (Å²) in [6, 6.07) is 9.89. The van der Waals surface area contributed by atoms with Crippen molar-refractivity contribution in [2.24, 2.45) is 0 Å². The molecule has 2 aromatic carbocycles. The fraction of sp³-hybridized carbons (Fsp3) is 0. The van der Waals surface area contributed by atoms with Crippen LogP contribution in [-0.4, -0.2) is 16.0 Å². The van der Waals surface area contributed by atoms with E-state index in [9.17, 15) is 9.90 Å². The molecular formula is C15H11O4-. The summed E-state index contributed by atoms with van der Waals surface area (Å²) in [6.45, 7) is 0. The molecule has 0 amide bonds. The van der Waals surface area contributed by atoms with Crippen LogP contribution in [0.2, 0.25) is 0 Å². The third kappa shape index (κ3) is 3.13. The molecule has 0 atom stereocenters. The maximum absolute atomic E-state index is 11.8. The van der Waals surface area contributed by atoms with Gasteiger partial charge in [-0.15, -0.1) is 0 Å². The molecule has 2 aromatic rings. The third-order valence-corrected chi connectivity index (χ3v) is 2.55. The summed E-state index contributed by atoms with van der Waals surface area (Å²) in [5.74, 6) is -0.966. The maximum atomic E-state index is 11.8. The standard InChI is InChI=1S/C15H12O4/c16-11-4-1-10(2-5-11)3-8-14(18)13-7-6-12(17)9-15(13)19/h1-9,16-17,19H/p-1/b8-3+. The van der Waals surface area contributed by atoms with Crippen LogP contribution >= 0.6 is 0 Å². The van der Waals surface area contributed by atoms with Gasteiger partial charge in [-0.2, -0.15) is 0 Å². The van der Waals surface area contributed by atoms with Crippen molar-refractivity contribution in [3.05, 3.63) is 59.7 Å². The minimum absolute atomic E-state index is 0.00725. The van der Waals surface area contributed by atoms with Crippen molar-refractivity contribution in [3.8, 4) is 17.2 Å². The lowest BCUT2D eigenvalue weighted by Gasteiger charge is -2.10. The molecule has 4 nitrogen and oxygen atoms in total. The highest BCUT2D eigenvalue weighted by Gasteiger charge is 2.03. The molecule has 2 rings (SSSR count). The molecule has 0 saturated carbocycles. The van der Waals surface area contributed by atoms with Crippen LogP contribution in [-0.2, 0) is 0 Å². The van der Waals surface area contributed by atoms with Crippen molar-refractivity contribution in [1.82, 2.24) is 0 Å². The van der Waals surface area contributed by atoms with Gasteiger partial charge in [0, 0.05) is 5.56 Å². The molecule has 0 aromatic heterocycles. The van der Waals surface area contributed by atoms with E-state index in [1.165, 1.54) is 30.3 Å². The number of aromatic hydroxyl groups is 2. The van der Waals surface area contributed by atoms with E-state index in [1.807, 2.05) is 0 Å². The van der Waals surface area contributed by atoms with Crippen LogP contribution in [0.25, 0.3) is 6.08 Å². The second-order valence-corrected chi connectivity index (χ2v) is 3.97. The second-order valence-electron chi connectivity index (χ2n) is 3.97. The first-order valence-corrected chi connectivity index (χ1v) is 5.58. The maximum Gasteiger partial charge on any atom is 0.185 e. The summed E-state index contributed by atoms with van der Waals surface area (Å²) in [4.78, 5) is 11.8. The zero-order valence-electron chi connectivity index (χ0n) is 9.91. The number of phenolic OH excluding ortho intramolecular Hbond substituents is 2. The van der Waals surface area contributed by atoms with Crippen LogP contribution in [0, 0.1) is 0 Å². The molecule has 0 saturated heterocycles. The molecule has 0 aliphatic rings. The van der Waals surface area contributed by atoms with E-state index < -0.39 is 11.5 Å². The van der Waals surface area contributed by atoms with Gasteiger partial charge in [-0.1, -0.05) is 24.0 Å². The Hall–Kier alpha value is -2.75. The number of rotatable bonds is 3. The Bertz CT molecular complexity index is 627. The van der Waals surface area contributed by atoms with E-state index in [0.29, 0.717) is 0 Å². The third-order valence-electron chi connectivity index (χ3n) is 2.55. The summed E-state index contributed by atoms with van der Waals surface area (Å²) >= 11 is 0. The molecule has 0 unspecified atom stereocenters. The topological polar surface area (TPSA) is 80.6 Å². The van der Waals surface area contributed by atoms with Gasteiger partial charge in [0.25, 0.3) is 0 Å². The van der Waals surface area contributed by atoms with Crippen molar-refractivity contribution in [2.45, 2.75) is 0 Å². The smallest absolute Gasteiger partial charge is 0.185 e. The first-order valence-electron chi connectivity index (χ1n) is 5.58. The lowest BCUT2D eigenvalue weighted by Crippen LogP contribution is -2.01. The van der Waals surface area contributed by atoms with Gasteiger partial charge in [0.05, 0.1) is 0 Å². The SMILES string of the molecule is O=C(/C=C/c1ccc(O)cc1)c1ccc(O)cc1[O-]. The van der Waals surface area contributed by atoms with Gasteiger partial charge in [0.1, 0.15) is 11.5 Å². The number of carbonyl (C=O) groups is 1.